The number of nitrogen functional groups attached to an aromatic ring is 1. The summed E-state index contributed by atoms with van der Waals surface area (Å²) in [7, 11) is 0. The predicted octanol–water partition coefficient (Wildman–Crippen LogP) is 4.21. The molecule has 23 heavy (non-hydrogen) atoms. The third-order valence-electron chi connectivity index (χ3n) is 4.20. The maximum atomic E-state index is 5.93. The molecule has 3 aromatic rings. The number of hydrogen-bond donors (Lipinski definition) is 2. The molecule has 5 heteroatoms. The molecule has 2 atom stereocenters. The minimum atomic E-state index is 0.160. The number of fused-ring (bicyclic) bond motifs is 1. The van der Waals surface area contributed by atoms with Crippen LogP contribution in [0.1, 0.15) is 24.5 Å². The van der Waals surface area contributed by atoms with Crippen molar-refractivity contribution in [3.63, 3.8) is 0 Å². The van der Waals surface area contributed by atoms with Gasteiger partial charge in [0, 0.05) is 18.3 Å². The Hall–Kier alpha value is -2.11. The molecule has 4 nitrogen and oxygen atoms in total. The first-order valence-corrected chi connectivity index (χ1v) is 8.69. The molecule has 0 bridgehead atoms. The molecule has 2 aromatic carbocycles. The number of aromatic nitrogens is 1. The lowest BCUT2D eigenvalue weighted by molar-refractivity contribution is 0.00980. The fourth-order valence-corrected chi connectivity index (χ4v) is 4.00. The van der Waals surface area contributed by atoms with Crippen molar-refractivity contribution >= 4 is 32.4 Å². The maximum absolute atomic E-state index is 5.93. The molecule has 118 valence electrons. The molecule has 0 radical (unpaired) electrons. The largest absolute Gasteiger partial charge is 0.399 e. The lowest BCUT2D eigenvalue weighted by Gasteiger charge is -2.30. The van der Waals surface area contributed by atoms with Gasteiger partial charge in [-0.3, -0.25) is 0 Å². The van der Waals surface area contributed by atoms with Gasteiger partial charge < -0.3 is 15.8 Å². The summed E-state index contributed by atoms with van der Waals surface area (Å²) in [5.74, 6) is 0. The molecule has 2 unspecified atom stereocenters. The fourth-order valence-electron chi connectivity index (χ4n) is 3.01. The zero-order valence-corrected chi connectivity index (χ0v) is 13.6. The van der Waals surface area contributed by atoms with Gasteiger partial charge in [-0.25, -0.2) is 4.98 Å². The van der Waals surface area contributed by atoms with Crippen LogP contribution in [0.15, 0.2) is 48.5 Å². The van der Waals surface area contributed by atoms with Crippen molar-refractivity contribution in [2.45, 2.75) is 25.0 Å². The van der Waals surface area contributed by atoms with Gasteiger partial charge in [0.2, 0.25) is 0 Å². The van der Waals surface area contributed by atoms with E-state index in [4.69, 9.17) is 10.5 Å². The van der Waals surface area contributed by atoms with E-state index in [1.807, 2.05) is 24.3 Å². The Labute approximate surface area is 139 Å². The topological polar surface area (TPSA) is 60.2 Å². The number of nitrogens with two attached hydrogens (primary N) is 1. The van der Waals surface area contributed by atoms with Gasteiger partial charge in [-0.2, -0.15) is 0 Å². The van der Waals surface area contributed by atoms with E-state index in [0.717, 1.165) is 40.5 Å². The Morgan fingerprint density at radius 3 is 2.91 bits per heavy atom. The van der Waals surface area contributed by atoms with E-state index in [0.29, 0.717) is 6.04 Å². The first-order valence-electron chi connectivity index (χ1n) is 7.87. The Kier molecular flexibility index (Phi) is 3.89. The first-order chi connectivity index (χ1) is 11.3. The molecule has 0 saturated carbocycles. The number of rotatable bonds is 3. The molecule has 1 fully saturated rings. The van der Waals surface area contributed by atoms with Crippen LogP contribution in [0, 0.1) is 0 Å². The summed E-state index contributed by atoms with van der Waals surface area (Å²) in [6.07, 6.45) is 2.12. The van der Waals surface area contributed by atoms with Gasteiger partial charge in [0.15, 0.2) is 5.13 Å². The van der Waals surface area contributed by atoms with Crippen molar-refractivity contribution in [3.05, 3.63) is 54.1 Å². The zero-order chi connectivity index (χ0) is 15.6. The van der Waals surface area contributed by atoms with E-state index in [1.165, 1.54) is 5.56 Å². The van der Waals surface area contributed by atoms with Gasteiger partial charge in [-0.15, -0.1) is 0 Å². The summed E-state index contributed by atoms with van der Waals surface area (Å²) < 4.78 is 7.06. The lowest BCUT2D eigenvalue weighted by Crippen LogP contribution is -2.30. The highest BCUT2D eigenvalue weighted by atomic mass is 32.1. The minimum absolute atomic E-state index is 0.160. The standard InChI is InChI=1S/C18H19N3OS/c19-13-6-7-15-17(10-13)23-18(21-15)20-14-8-9-22-16(11-14)12-4-2-1-3-5-12/h1-7,10,14,16H,8-9,11,19H2,(H,20,21). The Bertz CT molecular complexity index is 802. The molecule has 0 amide bonds. The highest BCUT2D eigenvalue weighted by Crippen LogP contribution is 2.32. The molecule has 1 aliphatic heterocycles. The van der Waals surface area contributed by atoms with Gasteiger partial charge in [0.1, 0.15) is 0 Å². The SMILES string of the molecule is Nc1ccc2nc(NC3CCOC(c4ccccc4)C3)sc2c1. The van der Waals surface area contributed by atoms with Gasteiger partial charge >= 0.3 is 0 Å². The second-order valence-corrected chi connectivity index (χ2v) is 6.91. The lowest BCUT2D eigenvalue weighted by atomic mass is 9.98. The number of ether oxygens (including phenoxy) is 1. The number of nitrogens with one attached hydrogen (secondary N) is 1. The van der Waals surface area contributed by atoms with Crippen molar-refractivity contribution in [2.24, 2.45) is 0 Å². The Morgan fingerprint density at radius 2 is 2.04 bits per heavy atom. The van der Waals surface area contributed by atoms with Crippen LogP contribution in [0.3, 0.4) is 0 Å². The zero-order valence-electron chi connectivity index (χ0n) is 12.7. The number of anilines is 2. The minimum Gasteiger partial charge on any atom is -0.399 e. The number of thiazole rings is 1. The summed E-state index contributed by atoms with van der Waals surface area (Å²) in [6.45, 7) is 0.773. The van der Waals surface area contributed by atoms with E-state index in [9.17, 15) is 0 Å². The third-order valence-corrected chi connectivity index (χ3v) is 5.14. The second-order valence-electron chi connectivity index (χ2n) is 5.88. The number of hydrogen-bond acceptors (Lipinski definition) is 5. The first kappa shape index (κ1) is 14.5. The number of benzene rings is 2. The van der Waals surface area contributed by atoms with Crippen LogP contribution < -0.4 is 11.1 Å². The quantitative estimate of drug-likeness (QED) is 0.708. The van der Waals surface area contributed by atoms with Crippen LogP contribution >= 0.6 is 11.3 Å². The summed E-state index contributed by atoms with van der Waals surface area (Å²) in [5.41, 5.74) is 8.87. The molecular formula is C18H19N3OS. The molecule has 1 aliphatic rings. The molecule has 4 rings (SSSR count). The molecule has 1 aromatic heterocycles. The van der Waals surface area contributed by atoms with Gasteiger partial charge in [0.25, 0.3) is 0 Å². The molecule has 0 spiro atoms. The van der Waals surface area contributed by atoms with Crippen LogP contribution in [0.2, 0.25) is 0 Å². The second kappa shape index (κ2) is 6.18. The predicted molar refractivity (Wildman–Crippen MR) is 95.8 cm³/mol. The molecule has 1 saturated heterocycles. The van der Waals surface area contributed by atoms with E-state index in [1.54, 1.807) is 11.3 Å². The highest BCUT2D eigenvalue weighted by Gasteiger charge is 2.24. The van der Waals surface area contributed by atoms with E-state index < -0.39 is 0 Å². The maximum Gasteiger partial charge on any atom is 0.184 e. The molecule has 3 N–H and O–H groups in total. The van der Waals surface area contributed by atoms with Crippen molar-refractivity contribution in [1.29, 1.82) is 0 Å². The van der Waals surface area contributed by atoms with E-state index in [-0.39, 0.29) is 6.10 Å². The van der Waals surface area contributed by atoms with Crippen molar-refractivity contribution in [2.75, 3.05) is 17.7 Å². The van der Waals surface area contributed by atoms with Gasteiger partial charge in [-0.05, 0) is 36.6 Å². The van der Waals surface area contributed by atoms with Crippen LogP contribution in [-0.4, -0.2) is 17.6 Å². The molecular weight excluding hydrogens is 306 g/mol. The summed E-state index contributed by atoms with van der Waals surface area (Å²) in [6, 6.07) is 16.7. The monoisotopic (exact) mass is 325 g/mol. The average Bonchev–Trinajstić information content (AvgIpc) is 2.97. The van der Waals surface area contributed by atoms with Crippen LogP contribution in [-0.2, 0) is 4.74 Å². The Morgan fingerprint density at radius 1 is 1.17 bits per heavy atom. The average molecular weight is 325 g/mol. The highest BCUT2D eigenvalue weighted by molar-refractivity contribution is 7.22. The summed E-state index contributed by atoms with van der Waals surface area (Å²) in [4.78, 5) is 4.66. The summed E-state index contributed by atoms with van der Waals surface area (Å²) in [5, 5.41) is 4.54. The van der Waals surface area contributed by atoms with Crippen molar-refractivity contribution < 1.29 is 4.74 Å². The van der Waals surface area contributed by atoms with Gasteiger partial charge in [-0.1, -0.05) is 41.7 Å². The summed E-state index contributed by atoms with van der Waals surface area (Å²) >= 11 is 1.66. The molecule has 0 aliphatic carbocycles. The van der Waals surface area contributed by atoms with Gasteiger partial charge in [0.05, 0.1) is 16.3 Å². The Balaban J connectivity index is 1.49. The smallest absolute Gasteiger partial charge is 0.184 e. The van der Waals surface area contributed by atoms with E-state index in [2.05, 4.69) is 34.6 Å². The van der Waals surface area contributed by atoms with Crippen LogP contribution in [0.5, 0.6) is 0 Å². The number of nitrogens with zero attached hydrogens (tertiary/aromatic N) is 1. The van der Waals surface area contributed by atoms with Crippen molar-refractivity contribution in [3.8, 4) is 0 Å². The van der Waals surface area contributed by atoms with Crippen LogP contribution in [0.25, 0.3) is 10.2 Å². The van der Waals surface area contributed by atoms with E-state index >= 15 is 0 Å². The fraction of sp³-hybridized carbons (Fsp3) is 0.278. The van der Waals surface area contributed by atoms with Crippen LogP contribution in [0.4, 0.5) is 10.8 Å². The third kappa shape index (κ3) is 3.16. The van der Waals surface area contributed by atoms with Crippen molar-refractivity contribution in [1.82, 2.24) is 4.98 Å². The normalized spacial score (nSPS) is 21.4. The molecule has 2 heterocycles.